The standard InChI is InChI=1S/C21H25FN4O2/c22-16-3-2-14-13-28-21(19(14)8-16)9-17-4-5-18(10-21)26(17)12-15(20(23)27)11-25-7-1-6-24-25/h1-3,6-8,15,17-18H,4-5,9-13H2,(H2,23,27). The Labute approximate surface area is 163 Å². The minimum absolute atomic E-state index is 0.202. The van der Waals surface area contributed by atoms with E-state index in [2.05, 4.69) is 10.00 Å². The summed E-state index contributed by atoms with van der Waals surface area (Å²) >= 11 is 0. The van der Waals surface area contributed by atoms with Crippen LogP contribution < -0.4 is 5.73 Å². The zero-order chi connectivity index (χ0) is 19.3. The summed E-state index contributed by atoms with van der Waals surface area (Å²) in [6.07, 6.45) is 7.40. The van der Waals surface area contributed by atoms with Crippen molar-refractivity contribution >= 4 is 5.91 Å². The monoisotopic (exact) mass is 384 g/mol. The van der Waals surface area contributed by atoms with Gasteiger partial charge in [-0.25, -0.2) is 4.39 Å². The lowest BCUT2D eigenvalue weighted by atomic mass is 9.79. The van der Waals surface area contributed by atoms with Gasteiger partial charge in [-0.2, -0.15) is 5.10 Å². The van der Waals surface area contributed by atoms with Crippen LogP contribution in [0.4, 0.5) is 4.39 Å². The molecule has 7 heteroatoms. The Bertz CT molecular complexity index is 871. The number of carbonyl (C=O) groups is 1. The molecule has 28 heavy (non-hydrogen) atoms. The molecular formula is C21H25FN4O2. The second-order valence-electron chi connectivity index (χ2n) is 8.40. The number of ether oxygens (including phenoxy) is 1. The molecule has 2 bridgehead atoms. The van der Waals surface area contributed by atoms with Gasteiger partial charge in [0.15, 0.2) is 0 Å². The minimum Gasteiger partial charge on any atom is -0.369 e. The Morgan fingerprint density at radius 2 is 2.11 bits per heavy atom. The molecule has 3 aliphatic rings. The first kappa shape index (κ1) is 17.8. The van der Waals surface area contributed by atoms with Crippen LogP contribution in [0.15, 0.2) is 36.7 Å². The van der Waals surface area contributed by atoms with Crippen molar-refractivity contribution in [2.24, 2.45) is 11.7 Å². The van der Waals surface area contributed by atoms with Gasteiger partial charge in [0.1, 0.15) is 5.82 Å². The lowest BCUT2D eigenvalue weighted by Gasteiger charge is -2.45. The molecule has 2 aromatic rings. The van der Waals surface area contributed by atoms with Gasteiger partial charge < -0.3 is 10.5 Å². The first-order chi connectivity index (χ1) is 13.5. The van der Waals surface area contributed by atoms with Crippen LogP contribution in [0, 0.1) is 11.7 Å². The van der Waals surface area contributed by atoms with E-state index >= 15 is 0 Å². The number of fused-ring (bicyclic) bond motifs is 4. The fraction of sp³-hybridized carbons (Fsp3) is 0.524. The Balaban J connectivity index is 1.35. The lowest BCUT2D eigenvalue weighted by molar-refractivity contribution is -0.126. The quantitative estimate of drug-likeness (QED) is 0.858. The van der Waals surface area contributed by atoms with Gasteiger partial charge in [0, 0.05) is 31.0 Å². The van der Waals surface area contributed by atoms with E-state index in [1.807, 2.05) is 18.3 Å². The van der Waals surface area contributed by atoms with E-state index in [9.17, 15) is 9.18 Å². The van der Waals surface area contributed by atoms with E-state index in [0.29, 0.717) is 31.8 Å². The molecule has 5 rings (SSSR count). The number of nitrogens with zero attached hydrogens (tertiary/aromatic N) is 3. The predicted molar refractivity (Wildman–Crippen MR) is 101 cm³/mol. The number of benzene rings is 1. The van der Waals surface area contributed by atoms with Crippen LogP contribution in [-0.2, 0) is 28.3 Å². The summed E-state index contributed by atoms with van der Waals surface area (Å²) in [5.74, 6) is -0.780. The Morgan fingerprint density at radius 1 is 1.32 bits per heavy atom. The zero-order valence-electron chi connectivity index (χ0n) is 15.8. The highest BCUT2D eigenvalue weighted by molar-refractivity contribution is 5.76. The van der Waals surface area contributed by atoms with E-state index in [4.69, 9.17) is 10.5 Å². The summed E-state index contributed by atoms with van der Waals surface area (Å²) in [5.41, 5.74) is 7.44. The molecule has 4 heterocycles. The third-order valence-corrected chi connectivity index (χ3v) is 6.77. The van der Waals surface area contributed by atoms with Crippen molar-refractivity contribution in [1.29, 1.82) is 0 Å². The van der Waals surface area contributed by atoms with Crippen LogP contribution in [0.5, 0.6) is 0 Å². The smallest absolute Gasteiger partial charge is 0.223 e. The number of aromatic nitrogens is 2. The van der Waals surface area contributed by atoms with Crippen LogP contribution in [0.2, 0.25) is 0 Å². The molecule has 148 valence electrons. The van der Waals surface area contributed by atoms with Crippen LogP contribution in [0.25, 0.3) is 0 Å². The number of piperidine rings is 1. The van der Waals surface area contributed by atoms with Crippen LogP contribution in [0.3, 0.4) is 0 Å². The number of primary amides is 1. The van der Waals surface area contributed by atoms with Crippen molar-refractivity contribution in [3.05, 3.63) is 53.6 Å². The first-order valence-electron chi connectivity index (χ1n) is 9.99. The number of rotatable bonds is 5. The Kier molecular flexibility index (Phi) is 4.25. The second-order valence-corrected chi connectivity index (χ2v) is 8.40. The molecule has 1 spiro atoms. The molecule has 0 saturated carbocycles. The van der Waals surface area contributed by atoms with Gasteiger partial charge in [-0.05, 0) is 55.0 Å². The summed E-state index contributed by atoms with van der Waals surface area (Å²) in [4.78, 5) is 14.5. The molecule has 3 aliphatic heterocycles. The van der Waals surface area contributed by atoms with Crippen molar-refractivity contribution < 1.29 is 13.9 Å². The maximum atomic E-state index is 13.9. The van der Waals surface area contributed by atoms with Gasteiger partial charge >= 0.3 is 0 Å². The fourth-order valence-corrected chi connectivity index (χ4v) is 5.45. The molecule has 6 nitrogen and oxygen atoms in total. The maximum absolute atomic E-state index is 13.9. The number of nitrogens with two attached hydrogens (primary N) is 1. The Hall–Kier alpha value is -2.25. The van der Waals surface area contributed by atoms with Gasteiger partial charge in [0.05, 0.1) is 24.7 Å². The predicted octanol–water partition coefficient (Wildman–Crippen LogP) is 2.18. The third kappa shape index (κ3) is 2.93. The summed E-state index contributed by atoms with van der Waals surface area (Å²) in [7, 11) is 0. The summed E-state index contributed by atoms with van der Waals surface area (Å²) in [6, 6.07) is 7.51. The SMILES string of the molecule is NC(=O)C(CN1C2CCC1CC1(C2)OCc2ccc(F)cc21)Cn1cccn1. The average Bonchev–Trinajstić information content (AvgIpc) is 3.35. The first-order valence-corrected chi connectivity index (χ1v) is 9.99. The van der Waals surface area contributed by atoms with Gasteiger partial charge in [0.2, 0.25) is 5.91 Å². The van der Waals surface area contributed by atoms with Crippen molar-refractivity contribution in [3.63, 3.8) is 0 Å². The fourth-order valence-electron chi connectivity index (χ4n) is 5.45. The van der Waals surface area contributed by atoms with E-state index < -0.39 is 0 Å². The number of hydrogen-bond acceptors (Lipinski definition) is 4. The summed E-state index contributed by atoms with van der Waals surface area (Å²) in [5, 5.41) is 4.21. The Morgan fingerprint density at radius 3 is 2.79 bits per heavy atom. The topological polar surface area (TPSA) is 73.4 Å². The van der Waals surface area contributed by atoms with Crippen LogP contribution >= 0.6 is 0 Å². The molecule has 2 N–H and O–H groups in total. The van der Waals surface area contributed by atoms with Crippen molar-refractivity contribution in [3.8, 4) is 0 Å². The molecule has 1 amide bonds. The molecule has 1 aromatic carbocycles. The number of halogens is 1. The minimum atomic E-state index is -0.385. The normalized spacial score (nSPS) is 29.9. The average molecular weight is 384 g/mol. The number of amides is 1. The molecule has 2 saturated heterocycles. The van der Waals surface area contributed by atoms with E-state index in [0.717, 1.165) is 36.8 Å². The van der Waals surface area contributed by atoms with Crippen molar-refractivity contribution in [2.45, 2.75) is 56.5 Å². The van der Waals surface area contributed by atoms with Gasteiger partial charge in [-0.1, -0.05) is 6.07 Å². The van der Waals surface area contributed by atoms with Crippen LogP contribution in [-0.4, -0.2) is 39.2 Å². The summed E-state index contributed by atoms with van der Waals surface area (Å²) in [6.45, 7) is 1.68. The molecule has 1 aromatic heterocycles. The molecular weight excluding hydrogens is 359 g/mol. The van der Waals surface area contributed by atoms with E-state index in [1.165, 1.54) is 6.07 Å². The molecule has 3 atom stereocenters. The number of carbonyl (C=O) groups excluding carboxylic acids is 1. The molecule has 3 unspecified atom stereocenters. The zero-order valence-corrected chi connectivity index (χ0v) is 15.8. The lowest BCUT2D eigenvalue weighted by Crippen LogP contribution is -2.52. The maximum Gasteiger partial charge on any atom is 0.223 e. The van der Waals surface area contributed by atoms with E-state index in [-0.39, 0.29) is 23.2 Å². The molecule has 0 radical (unpaired) electrons. The third-order valence-electron chi connectivity index (χ3n) is 6.77. The highest BCUT2D eigenvalue weighted by Gasteiger charge is 2.53. The van der Waals surface area contributed by atoms with Crippen molar-refractivity contribution in [2.75, 3.05) is 6.54 Å². The van der Waals surface area contributed by atoms with Gasteiger partial charge in [-0.3, -0.25) is 14.4 Å². The van der Waals surface area contributed by atoms with Gasteiger partial charge in [0.25, 0.3) is 0 Å². The second kappa shape index (κ2) is 6.67. The van der Waals surface area contributed by atoms with Crippen molar-refractivity contribution in [1.82, 2.24) is 14.7 Å². The highest BCUT2D eigenvalue weighted by Crippen LogP contribution is 2.52. The largest absolute Gasteiger partial charge is 0.369 e. The van der Waals surface area contributed by atoms with E-state index in [1.54, 1.807) is 16.9 Å². The molecule has 2 fully saturated rings. The highest BCUT2D eigenvalue weighted by atomic mass is 19.1. The van der Waals surface area contributed by atoms with Crippen LogP contribution in [0.1, 0.15) is 36.8 Å². The summed E-state index contributed by atoms with van der Waals surface area (Å²) < 4.78 is 21.9. The molecule has 0 aliphatic carbocycles. The number of hydrogen-bond donors (Lipinski definition) is 1. The van der Waals surface area contributed by atoms with Gasteiger partial charge in [-0.15, -0.1) is 0 Å².